The lowest BCUT2D eigenvalue weighted by Gasteiger charge is -2.29. The molecular formula is C16H18N4O4. The minimum absolute atomic E-state index is 0.139. The van der Waals surface area contributed by atoms with Crippen LogP contribution in [0.15, 0.2) is 12.1 Å². The number of pyridine rings is 1. The Morgan fingerprint density at radius 2 is 1.92 bits per heavy atom. The van der Waals surface area contributed by atoms with Crippen molar-refractivity contribution in [3.05, 3.63) is 17.7 Å². The molecule has 0 unspecified atom stereocenters. The SMILES string of the molecule is COc1ccc(C(=O)N2CCCN2C(=O)C2(C#N)CC2)c(OC)n1. The van der Waals surface area contributed by atoms with Gasteiger partial charge in [-0.2, -0.15) is 10.2 Å². The summed E-state index contributed by atoms with van der Waals surface area (Å²) in [5, 5.41) is 12.0. The van der Waals surface area contributed by atoms with E-state index in [2.05, 4.69) is 11.1 Å². The largest absolute Gasteiger partial charge is 0.481 e. The molecule has 2 amide bonds. The first-order valence-electron chi connectivity index (χ1n) is 7.70. The molecule has 1 saturated carbocycles. The van der Waals surface area contributed by atoms with Crippen LogP contribution in [0.5, 0.6) is 11.8 Å². The lowest BCUT2D eigenvalue weighted by atomic mass is 10.1. The third-order valence-corrected chi connectivity index (χ3v) is 4.34. The van der Waals surface area contributed by atoms with E-state index < -0.39 is 5.41 Å². The smallest absolute Gasteiger partial charge is 0.277 e. The number of carbonyl (C=O) groups excluding carboxylic acids is 2. The van der Waals surface area contributed by atoms with E-state index in [0.29, 0.717) is 38.2 Å². The molecule has 0 radical (unpaired) electrons. The fraction of sp³-hybridized carbons (Fsp3) is 0.500. The minimum Gasteiger partial charge on any atom is -0.481 e. The van der Waals surface area contributed by atoms with Crippen LogP contribution in [0, 0.1) is 16.7 Å². The zero-order valence-corrected chi connectivity index (χ0v) is 13.6. The van der Waals surface area contributed by atoms with Crippen LogP contribution < -0.4 is 9.47 Å². The predicted octanol–water partition coefficient (Wildman–Crippen LogP) is 0.992. The van der Waals surface area contributed by atoms with E-state index in [1.165, 1.54) is 24.2 Å². The van der Waals surface area contributed by atoms with Gasteiger partial charge in [-0.15, -0.1) is 0 Å². The average Bonchev–Trinajstić information content (AvgIpc) is 3.28. The number of aromatic nitrogens is 1. The van der Waals surface area contributed by atoms with Crippen LogP contribution in [-0.2, 0) is 4.79 Å². The normalized spacial score (nSPS) is 18.0. The summed E-state index contributed by atoms with van der Waals surface area (Å²) >= 11 is 0. The van der Waals surface area contributed by atoms with Crippen molar-refractivity contribution in [3.8, 4) is 17.8 Å². The number of hydrazine groups is 1. The molecule has 0 aromatic carbocycles. The van der Waals surface area contributed by atoms with Crippen molar-refractivity contribution in [1.29, 1.82) is 5.26 Å². The molecular weight excluding hydrogens is 312 g/mol. The highest BCUT2D eigenvalue weighted by molar-refractivity contribution is 5.99. The predicted molar refractivity (Wildman–Crippen MR) is 82.0 cm³/mol. The van der Waals surface area contributed by atoms with Gasteiger partial charge in [-0.1, -0.05) is 0 Å². The van der Waals surface area contributed by atoms with Crippen LogP contribution >= 0.6 is 0 Å². The van der Waals surface area contributed by atoms with Gasteiger partial charge >= 0.3 is 0 Å². The Morgan fingerprint density at radius 1 is 1.21 bits per heavy atom. The maximum absolute atomic E-state index is 12.9. The quantitative estimate of drug-likeness (QED) is 0.817. The molecule has 1 saturated heterocycles. The van der Waals surface area contributed by atoms with Gasteiger partial charge in [0.05, 0.1) is 20.3 Å². The molecule has 2 fully saturated rings. The summed E-state index contributed by atoms with van der Waals surface area (Å²) in [5.41, 5.74) is -0.703. The second-order valence-electron chi connectivity index (χ2n) is 5.81. The first-order valence-corrected chi connectivity index (χ1v) is 7.70. The van der Waals surface area contributed by atoms with Crippen LogP contribution in [0.4, 0.5) is 0 Å². The van der Waals surface area contributed by atoms with E-state index in [1.807, 2.05) is 0 Å². The molecule has 8 nitrogen and oxygen atoms in total. The van der Waals surface area contributed by atoms with Crippen molar-refractivity contribution in [1.82, 2.24) is 15.0 Å². The Morgan fingerprint density at radius 3 is 2.50 bits per heavy atom. The van der Waals surface area contributed by atoms with E-state index in [9.17, 15) is 14.9 Å². The van der Waals surface area contributed by atoms with Gasteiger partial charge in [0.15, 0.2) is 0 Å². The van der Waals surface area contributed by atoms with Crippen molar-refractivity contribution in [3.63, 3.8) is 0 Å². The highest BCUT2D eigenvalue weighted by atomic mass is 16.5. The molecule has 24 heavy (non-hydrogen) atoms. The lowest BCUT2D eigenvalue weighted by molar-refractivity contribution is -0.144. The van der Waals surface area contributed by atoms with Crippen molar-refractivity contribution in [2.75, 3.05) is 27.3 Å². The van der Waals surface area contributed by atoms with E-state index in [4.69, 9.17) is 9.47 Å². The van der Waals surface area contributed by atoms with Gasteiger partial charge < -0.3 is 9.47 Å². The molecule has 1 aliphatic heterocycles. The molecule has 1 aromatic rings. The lowest BCUT2D eigenvalue weighted by Crippen LogP contribution is -2.47. The van der Waals surface area contributed by atoms with Gasteiger partial charge in [0.2, 0.25) is 11.8 Å². The fourth-order valence-corrected chi connectivity index (χ4v) is 2.77. The van der Waals surface area contributed by atoms with Crippen LogP contribution in [0.25, 0.3) is 0 Å². The summed E-state index contributed by atoms with van der Waals surface area (Å²) in [6.45, 7) is 0.848. The molecule has 2 aliphatic rings. The first kappa shape index (κ1) is 16.1. The molecule has 0 spiro atoms. The van der Waals surface area contributed by atoms with Crippen molar-refractivity contribution in [2.24, 2.45) is 5.41 Å². The molecule has 1 aromatic heterocycles. The maximum Gasteiger partial charge on any atom is 0.277 e. The van der Waals surface area contributed by atoms with Crippen molar-refractivity contribution >= 4 is 11.8 Å². The Balaban J connectivity index is 1.87. The number of hydrogen-bond acceptors (Lipinski definition) is 6. The van der Waals surface area contributed by atoms with Crippen LogP contribution in [-0.4, -0.2) is 54.1 Å². The van der Waals surface area contributed by atoms with E-state index in [0.717, 1.165) is 0 Å². The van der Waals surface area contributed by atoms with E-state index in [-0.39, 0.29) is 23.3 Å². The number of amides is 2. The van der Waals surface area contributed by atoms with Gasteiger partial charge in [0, 0.05) is 19.2 Å². The zero-order valence-electron chi connectivity index (χ0n) is 13.6. The molecule has 3 rings (SSSR count). The molecule has 0 bridgehead atoms. The zero-order chi connectivity index (χ0) is 17.3. The number of nitriles is 1. The molecule has 126 valence electrons. The number of methoxy groups -OCH3 is 2. The second kappa shape index (κ2) is 6.00. The summed E-state index contributed by atoms with van der Waals surface area (Å²) in [6.07, 6.45) is 1.77. The van der Waals surface area contributed by atoms with Crippen LogP contribution in [0.3, 0.4) is 0 Å². The average molecular weight is 330 g/mol. The minimum atomic E-state index is -0.953. The summed E-state index contributed by atoms with van der Waals surface area (Å²) in [4.78, 5) is 29.6. The van der Waals surface area contributed by atoms with E-state index in [1.54, 1.807) is 12.1 Å². The Hall–Kier alpha value is -2.82. The summed E-state index contributed by atoms with van der Waals surface area (Å²) in [7, 11) is 2.89. The van der Waals surface area contributed by atoms with E-state index >= 15 is 0 Å². The number of nitrogens with zero attached hydrogens (tertiary/aromatic N) is 4. The van der Waals surface area contributed by atoms with Crippen LogP contribution in [0.1, 0.15) is 29.6 Å². The van der Waals surface area contributed by atoms with Gasteiger partial charge in [0.1, 0.15) is 11.0 Å². The monoisotopic (exact) mass is 330 g/mol. The fourth-order valence-electron chi connectivity index (χ4n) is 2.77. The van der Waals surface area contributed by atoms with Crippen LogP contribution in [0.2, 0.25) is 0 Å². The Kier molecular flexibility index (Phi) is 4.01. The van der Waals surface area contributed by atoms with Crippen molar-refractivity contribution < 1.29 is 19.1 Å². The van der Waals surface area contributed by atoms with Gasteiger partial charge in [-0.3, -0.25) is 9.59 Å². The number of hydrogen-bond donors (Lipinski definition) is 0. The summed E-state index contributed by atoms with van der Waals surface area (Å²) in [6, 6.07) is 5.21. The molecule has 2 heterocycles. The molecule has 0 N–H and O–H groups in total. The Bertz CT molecular complexity index is 723. The van der Waals surface area contributed by atoms with Crippen molar-refractivity contribution in [2.45, 2.75) is 19.3 Å². The molecule has 0 atom stereocenters. The standard InChI is InChI=1S/C16H18N4O4/c1-23-12-5-4-11(13(18-12)24-2)14(21)19-8-3-9-20(19)15(22)16(10-17)6-7-16/h4-5H,3,6-9H2,1-2H3. The summed E-state index contributed by atoms with van der Waals surface area (Å²) < 4.78 is 10.2. The highest BCUT2D eigenvalue weighted by Gasteiger charge is 2.54. The molecule has 8 heteroatoms. The molecule has 1 aliphatic carbocycles. The number of ether oxygens (including phenoxy) is 2. The Labute approximate surface area is 139 Å². The van der Waals surface area contributed by atoms with Gasteiger partial charge in [-0.25, -0.2) is 10.0 Å². The highest BCUT2D eigenvalue weighted by Crippen LogP contribution is 2.47. The van der Waals surface area contributed by atoms with Gasteiger partial charge in [0.25, 0.3) is 11.8 Å². The third kappa shape index (κ3) is 2.52. The number of carbonyl (C=O) groups is 2. The second-order valence-corrected chi connectivity index (χ2v) is 5.81. The topological polar surface area (TPSA) is 95.8 Å². The maximum atomic E-state index is 12.9. The number of rotatable bonds is 4. The van der Waals surface area contributed by atoms with Gasteiger partial charge in [-0.05, 0) is 25.3 Å². The third-order valence-electron chi connectivity index (χ3n) is 4.34. The summed E-state index contributed by atoms with van der Waals surface area (Å²) in [5.74, 6) is -0.197. The first-order chi connectivity index (χ1) is 11.6.